The highest BCUT2D eigenvalue weighted by molar-refractivity contribution is 5.81. The molecule has 2 unspecified atom stereocenters. The van der Waals surface area contributed by atoms with Gasteiger partial charge >= 0.3 is 0 Å². The average Bonchev–Trinajstić information content (AvgIpc) is 2.74. The summed E-state index contributed by atoms with van der Waals surface area (Å²) in [7, 11) is 5.34. The first-order valence-electron chi connectivity index (χ1n) is 6.23. The molecule has 1 saturated heterocycles. The summed E-state index contributed by atoms with van der Waals surface area (Å²) in [5.41, 5.74) is 0. The van der Waals surface area contributed by atoms with Gasteiger partial charge in [0.2, 0.25) is 5.91 Å². The minimum Gasteiger partial charge on any atom is -0.347 e. The molecule has 18 heavy (non-hydrogen) atoms. The normalized spacial score (nSPS) is 23.9. The quantitative estimate of drug-likeness (QED) is 0.763. The van der Waals surface area contributed by atoms with Crippen LogP contribution in [0.15, 0.2) is 0 Å². The van der Waals surface area contributed by atoms with Gasteiger partial charge in [0.1, 0.15) is 0 Å². The molecule has 1 aromatic rings. The van der Waals surface area contributed by atoms with Crippen molar-refractivity contribution in [3.05, 3.63) is 5.82 Å². The van der Waals surface area contributed by atoms with Gasteiger partial charge in [0.05, 0.1) is 13.1 Å². The first-order chi connectivity index (χ1) is 8.56. The highest BCUT2D eigenvalue weighted by Gasteiger charge is 2.28. The zero-order valence-electron chi connectivity index (χ0n) is 11.1. The molecule has 0 bridgehead atoms. The standard InChI is InChI=1S/C11H20N6O/c1-16(2)11(18)9-6-8(4-5-12-9)7-10-13-15-17(3)14-10/h8-9,12H,4-7H2,1-3H3. The van der Waals surface area contributed by atoms with Crippen molar-refractivity contribution in [3.8, 4) is 0 Å². The number of carbonyl (C=O) groups is 1. The van der Waals surface area contributed by atoms with Crippen molar-refractivity contribution in [1.29, 1.82) is 0 Å². The molecule has 1 aromatic heterocycles. The van der Waals surface area contributed by atoms with E-state index in [0.717, 1.165) is 31.6 Å². The van der Waals surface area contributed by atoms with E-state index in [-0.39, 0.29) is 11.9 Å². The lowest BCUT2D eigenvalue weighted by molar-refractivity contribution is -0.131. The van der Waals surface area contributed by atoms with E-state index >= 15 is 0 Å². The summed E-state index contributed by atoms with van der Waals surface area (Å²) in [5, 5.41) is 15.3. The van der Waals surface area contributed by atoms with Crippen LogP contribution in [0, 0.1) is 5.92 Å². The summed E-state index contributed by atoms with van der Waals surface area (Å²) in [5.74, 6) is 1.36. The van der Waals surface area contributed by atoms with Crippen molar-refractivity contribution >= 4 is 5.91 Å². The first kappa shape index (κ1) is 12.9. The van der Waals surface area contributed by atoms with Gasteiger partial charge in [-0.1, -0.05) is 0 Å². The number of aryl methyl sites for hydroxylation is 1. The number of piperidine rings is 1. The largest absolute Gasteiger partial charge is 0.347 e. The molecule has 2 atom stereocenters. The maximum absolute atomic E-state index is 11.9. The summed E-state index contributed by atoms with van der Waals surface area (Å²) in [6, 6.07) is -0.0737. The number of nitrogens with zero attached hydrogens (tertiary/aromatic N) is 5. The van der Waals surface area contributed by atoms with E-state index in [4.69, 9.17) is 0 Å². The molecule has 7 nitrogen and oxygen atoms in total. The van der Waals surface area contributed by atoms with Gasteiger partial charge in [-0.2, -0.15) is 4.80 Å². The summed E-state index contributed by atoms with van der Waals surface area (Å²) >= 11 is 0. The fourth-order valence-electron chi connectivity index (χ4n) is 2.34. The highest BCUT2D eigenvalue weighted by atomic mass is 16.2. The lowest BCUT2D eigenvalue weighted by Gasteiger charge is -2.30. The van der Waals surface area contributed by atoms with Gasteiger partial charge in [-0.05, 0) is 30.5 Å². The molecule has 0 saturated carbocycles. The maximum atomic E-state index is 11.9. The molecule has 0 aliphatic carbocycles. The lowest BCUT2D eigenvalue weighted by atomic mass is 9.89. The van der Waals surface area contributed by atoms with Gasteiger partial charge in [-0.15, -0.1) is 10.2 Å². The monoisotopic (exact) mass is 252 g/mol. The van der Waals surface area contributed by atoms with Gasteiger partial charge in [-0.25, -0.2) is 0 Å². The number of hydrogen-bond donors (Lipinski definition) is 1. The second-order valence-electron chi connectivity index (χ2n) is 5.03. The molecule has 2 rings (SSSR count). The fraction of sp³-hybridized carbons (Fsp3) is 0.818. The van der Waals surface area contributed by atoms with Crippen molar-refractivity contribution < 1.29 is 4.79 Å². The van der Waals surface area contributed by atoms with Crippen LogP contribution in [-0.2, 0) is 18.3 Å². The van der Waals surface area contributed by atoms with E-state index < -0.39 is 0 Å². The molecule has 2 heterocycles. The number of aromatic nitrogens is 4. The predicted molar refractivity (Wildman–Crippen MR) is 65.7 cm³/mol. The van der Waals surface area contributed by atoms with Gasteiger partial charge in [0, 0.05) is 20.5 Å². The third-order valence-corrected chi connectivity index (χ3v) is 3.27. The highest BCUT2D eigenvalue weighted by Crippen LogP contribution is 2.20. The SMILES string of the molecule is CN(C)C(=O)C1CC(Cc2nnn(C)n2)CCN1. The Bertz CT molecular complexity index is 415. The van der Waals surface area contributed by atoms with Crippen LogP contribution in [0.3, 0.4) is 0 Å². The van der Waals surface area contributed by atoms with Crippen LogP contribution in [0.5, 0.6) is 0 Å². The van der Waals surface area contributed by atoms with Crippen LogP contribution in [0.2, 0.25) is 0 Å². The lowest BCUT2D eigenvalue weighted by Crippen LogP contribution is -2.48. The Morgan fingerprint density at radius 2 is 2.33 bits per heavy atom. The average molecular weight is 252 g/mol. The molecule has 0 spiro atoms. The Balaban J connectivity index is 1.92. The molecule has 1 aliphatic heterocycles. The van der Waals surface area contributed by atoms with E-state index in [1.54, 1.807) is 26.0 Å². The Kier molecular flexibility index (Phi) is 3.90. The zero-order chi connectivity index (χ0) is 13.1. The maximum Gasteiger partial charge on any atom is 0.239 e. The fourth-order valence-corrected chi connectivity index (χ4v) is 2.34. The molecule has 7 heteroatoms. The number of amides is 1. The van der Waals surface area contributed by atoms with Crippen molar-refractivity contribution in [1.82, 2.24) is 30.4 Å². The van der Waals surface area contributed by atoms with Crippen molar-refractivity contribution in [2.24, 2.45) is 13.0 Å². The molecule has 1 aliphatic rings. The van der Waals surface area contributed by atoms with Crippen LogP contribution >= 0.6 is 0 Å². The molecule has 0 radical (unpaired) electrons. The number of carbonyl (C=O) groups excluding carboxylic acids is 1. The number of nitrogens with one attached hydrogen (secondary N) is 1. The zero-order valence-corrected chi connectivity index (χ0v) is 11.1. The van der Waals surface area contributed by atoms with Crippen molar-refractivity contribution in [3.63, 3.8) is 0 Å². The van der Waals surface area contributed by atoms with Crippen LogP contribution in [0.1, 0.15) is 18.7 Å². The third kappa shape index (κ3) is 3.04. The predicted octanol–water partition coefficient (Wildman–Crippen LogP) is -0.791. The number of likely N-dealkylation sites (N-methyl/N-ethyl adjacent to an activating group) is 1. The van der Waals surface area contributed by atoms with E-state index in [1.807, 2.05) is 0 Å². The van der Waals surface area contributed by atoms with Crippen molar-refractivity contribution in [2.45, 2.75) is 25.3 Å². The van der Waals surface area contributed by atoms with Crippen LogP contribution < -0.4 is 5.32 Å². The van der Waals surface area contributed by atoms with Crippen molar-refractivity contribution in [2.75, 3.05) is 20.6 Å². The second-order valence-corrected chi connectivity index (χ2v) is 5.03. The van der Waals surface area contributed by atoms with E-state index in [9.17, 15) is 4.79 Å². The van der Waals surface area contributed by atoms with E-state index in [1.165, 1.54) is 4.80 Å². The molecule has 1 amide bonds. The smallest absolute Gasteiger partial charge is 0.239 e. The Morgan fingerprint density at radius 3 is 2.94 bits per heavy atom. The molecule has 1 fully saturated rings. The van der Waals surface area contributed by atoms with Gasteiger partial charge in [0.25, 0.3) is 0 Å². The topological polar surface area (TPSA) is 75.9 Å². The Labute approximate surface area is 107 Å². The van der Waals surface area contributed by atoms with E-state index in [0.29, 0.717) is 5.92 Å². The Hall–Kier alpha value is -1.50. The van der Waals surface area contributed by atoms with E-state index in [2.05, 4.69) is 20.7 Å². The molecule has 100 valence electrons. The summed E-state index contributed by atoms with van der Waals surface area (Å²) in [6.45, 7) is 0.870. The number of hydrogen-bond acceptors (Lipinski definition) is 5. The number of tetrazole rings is 1. The number of rotatable bonds is 3. The summed E-state index contributed by atoms with van der Waals surface area (Å²) in [4.78, 5) is 15.0. The minimum absolute atomic E-state index is 0.0737. The molecule has 1 N–H and O–H groups in total. The van der Waals surface area contributed by atoms with Crippen LogP contribution in [0.25, 0.3) is 0 Å². The van der Waals surface area contributed by atoms with Crippen LogP contribution in [0.4, 0.5) is 0 Å². The first-order valence-corrected chi connectivity index (χ1v) is 6.23. The molecular formula is C11H20N6O. The van der Waals surface area contributed by atoms with Gasteiger partial charge < -0.3 is 10.2 Å². The van der Waals surface area contributed by atoms with Gasteiger partial charge in [0.15, 0.2) is 5.82 Å². The Morgan fingerprint density at radius 1 is 1.56 bits per heavy atom. The second kappa shape index (κ2) is 5.43. The summed E-state index contributed by atoms with van der Waals surface area (Å²) < 4.78 is 0. The van der Waals surface area contributed by atoms with Gasteiger partial charge in [-0.3, -0.25) is 4.79 Å². The molecular weight excluding hydrogens is 232 g/mol. The van der Waals surface area contributed by atoms with Crippen LogP contribution in [-0.4, -0.2) is 57.7 Å². The minimum atomic E-state index is -0.0737. The summed E-state index contributed by atoms with van der Waals surface area (Å²) in [6.07, 6.45) is 2.69. The molecule has 0 aromatic carbocycles. The third-order valence-electron chi connectivity index (χ3n) is 3.27.